The predicted molar refractivity (Wildman–Crippen MR) is 113 cm³/mol. The van der Waals surface area contributed by atoms with Crippen molar-refractivity contribution in [1.82, 2.24) is 0 Å². The Kier molecular flexibility index (Phi) is 4.34. The van der Waals surface area contributed by atoms with E-state index in [0.29, 0.717) is 0 Å². The number of nitrogens with zero attached hydrogens (tertiary/aromatic N) is 2. The molecule has 0 aliphatic rings. The lowest BCUT2D eigenvalue weighted by atomic mass is 9.84. The fourth-order valence-electron chi connectivity index (χ4n) is 3.86. The van der Waals surface area contributed by atoms with Crippen LogP contribution in [0.2, 0.25) is 0 Å². The minimum absolute atomic E-state index is 0.0402. The van der Waals surface area contributed by atoms with Crippen LogP contribution in [0.3, 0.4) is 0 Å². The minimum atomic E-state index is 0.0402. The van der Waals surface area contributed by atoms with Crippen LogP contribution in [0.15, 0.2) is 65.4 Å². The molecule has 28 heavy (non-hydrogen) atoms. The number of rotatable bonds is 2. The van der Waals surface area contributed by atoms with E-state index in [9.17, 15) is 0 Å². The maximum Gasteiger partial charge on any atom is 0.261 e. The molecule has 0 fully saturated rings. The molecule has 4 aromatic rings. The van der Waals surface area contributed by atoms with E-state index in [4.69, 9.17) is 4.52 Å². The average molecular weight is 373 g/mol. The van der Waals surface area contributed by atoms with Gasteiger partial charge in [0.25, 0.3) is 5.69 Å². The van der Waals surface area contributed by atoms with Gasteiger partial charge in [0.2, 0.25) is 11.2 Å². The van der Waals surface area contributed by atoms with E-state index >= 15 is 0 Å². The number of pyridine rings is 1. The van der Waals surface area contributed by atoms with E-state index < -0.39 is 0 Å². The topological polar surface area (TPSA) is 20.9 Å². The SMILES string of the molecule is Cc1c(-c2cco[n+]2C)cc(C(C)(C)C)cc1-[n+]1c(C)ccc2ccccc21. The molecule has 0 saturated heterocycles. The lowest BCUT2D eigenvalue weighted by Gasteiger charge is -2.21. The van der Waals surface area contributed by atoms with Crippen LogP contribution < -0.4 is 9.31 Å². The summed E-state index contributed by atoms with van der Waals surface area (Å²) >= 11 is 0. The molecular weight excluding hydrogens is 344 g/mol. The molecule has 2 aromatic carbocycles. The number of para-hydroxylation sites is 1. The highest BCUT2D eigenvalue weighted by Crippen LogP contribution is 2.32. The molecule has 3 nitrogen and oxygen atoms in total. The highest BCUT2D eigenvalue weighted by atomic mass is 16.5. The van der Waals surface area contributed by atoms with Gasteiger partial charge in [0.05, 0.1) is 11.6 Å². The number of fused-ring (bicyclic) bond motifs is 1. The fraction of sp³-hybridized carbons (Fsp3) is 0.280. The molecule has 0 N–H and O–H groups in total. The number of aromatic nitrogens is 2. The quantitative estimate of drug-likeness (QED) is 0.448. The second kappa shape index (κ2) is 6.59. The molecule has 142 valence electrons. The van der Waals surface area contributed by atoms with E-state index in [-0.39, 0.29) is 5.41 Å². The predicted octanol–water partition coefficient (Wildman–Crippen LogP) is 5.12. The molecule has 4 rings (SSSR count). The Morgan fingerprint density at radius 1 is 0.893 bits per heavy atom. The summed E-state index contributed by atoms with van der Waals surface area (Å²) in [7, 11) is 1.95. The second-order valence-electron chi connectivity index (χ2n) is 8.58. The zero-order chi connectivity index (χ0) is 20.1. The van der Waals surface area contributed by atoms with Gasteiger partial charge in [-0.25, -0.2) is 4.52 Å². The Labute approximate surface area is 166 Å². The van der Waals surface area contributed by atoms with E-state index in [1.807, 2.05) is 17.9 Å². The highest BCUT2D eigenvalue weighted by molar-refractivity contribution is 5.76. The first-order chi connectivity index (χ1) is 13.3. The summed E-state index contributed by atoms with van der Waals surface area (Å²) in [6.07, 6.45) is 1.74. The molecule has 0 radical (unpaired) electrons. The molecular formula is C25H28N2O+2. The summed E-state index contributed by atoms with van der Waals surface area (Å²) in [6.45, 7) is 11.2. The molecule has 0 spiro atoms. The zero-order valence-corrected chi connectivity index (χ0v) is 17.6. The molecule has 0 aliphatic carbocycles. The van der Waals surface area contributed by atoms with Crippen LogP contribution in [0.25, 0.3) is 27.8 Å². The third-order valence-corrected chi connectivity index (χ3v) is 5.58. The average Bonchev–Trinajstić information content (AvgIpc) is 3.07. The molecule has 3 heteroatoms. The molecule has 0 saturated carbocycles. The number of hydrogen-bond donors (Lipinski definition) is 0. The highest BCUT2D eigenvalue weighted by Gasteiger charge is 2.28. The van der Waals surface area contributed by atoms with E-state index in [2.05, 4.69) is 87.7 Å². The van der Waals surface area contributed by atoms with Gasteiger partial charge in [0.1, 0.15) is 0 Å². The van der Waals surface area contributed by atoms with Gasteiger partial charge in [0, 0.05) is 36.1 Å². The Hall–Kier alpha value is -2.94. The summed E-state index contributed by atoms with van der Waals surface area (Å²) in [6, 6.07) is 19.7. The van der Waals surface area contributed by atoms with Crippen molar-refractivity contribution in [2.24, 2.45) is 7.05 Å². The van der Waals surface area contributed by atoms with Gasteiger partial charge in [-0.1, -0.05) is 32.9 Å². The van der Waals surface area contributed by atoms with Crippen molar-refractivity contribution >= 4 is 10.9 Å². The monoisotopic (exact) mass is 372 g/mol. The van der Waals surface area contributed by atoms with Gasteiger partial charge in [0.15, 0.2) is 19.0 Å². The lowest BCUT2D eigenvalue weighted by Crippen LogP contribution is -2.37. The fourth-order valence-corrected chi connectivity index (χ4v) is 3.86. The molecule has 0 aliphatic heterocycles. The van der Waals surface area contributed by atoms with Crippen LogP contribution in [0.4, 0.5) is 0 Å². The van der Waals surface area contributed by atoms with E-state index in [1.165, 1.54) is 39.0 Å². The summed E-state index contributed by atoms with van der Waals surface area (Å²) in [5.74, 6) is 0. The molecule has 2 aromatic heterocycles. The maximum absolute atomic E-state index is 5.55. The lowest BCUT2D eigenvalue weighted by molar-refractivity contribution is -0.836. The van der Waals surface area contributed by atoms with Crippen LogP contribution >= 0.6 is 0 Å². The van der Waals surface area contributed by atoms with Gasteiger partial charge >= 0.3 is 0 Å². The summed E-state index contributed by atoms with van der Waals surface area (Å²) < 4.78 is 9.76. The van der Waals surface area contributed by atoms with Crippen molar-refractivity contribution in [3.63, 3.8) is 0 Å². The van der Waals surface area contributed by atoms with Gasteiger partial charge < -0.3 is 0 Å². The van der Waals surface area contributed by atoms with Gasteiger partial charge in [-0.3, -0.25) is 0 Å². The smallest absolute Gasteiger partial charge is 0.244 e. The van der Waals surface area contributed by atoms with Crippen LogP contribution in [-0.2, 0) is 12.5 Å². The third kappa shape index (κ3) is 3.01. The van der Waals surface area contributed by atoms with Gasteiger partial charge in [-0.05, 0) is 40.8 Å². The first-order valence-electron chi connectivity index (χ1n) is 9.77. The Bertz CT molecular complexity index is 1180. The number of hydrogen-bond acceptors (Lipinski definition) is 1. The summed E-state index contributed by atoms with van der Waals surface area (Å²) in [5, 5.41) is 1.24. The number of aryl methyl sites for hydroxylation is 2. The molecule has 0 bridgehead atoms. The van der Waals surface area contributed by atoms with Crippen molar-refractivity contribution < 1.29 is 13.8 Å². The third-order valence-electron chi connectivity index (χ3n) is 5.58. The molecule has 0 atom stereocenters. The Morgan fingerprint density at radius 2 is 1.64 bits per heavy atom. The largest absolute Gasteiger partial charge is 0.261 e. The normalized spacial score (nSPS) is 11.9. The first kappa shape index (κ1) is 18.4. The first-order valence-corrected chi connectivity index (χ1v) is 9.77. The van der Waals surface area contributed by atoms with Gasteiger partial charge in [-0.15, -0.1) is 0 Å². The van der Waals surface area contributed by atoms with Crippen molar-refractivity contribution in [2.75, 3.05) is 0 Å². The molecule has 0 unspecified atom stereocenters. The summed E-state index contributed by atoms with van der Waals surface area (Å²) in [4.78, 5) is 0. The summed E-state index contributed by atoms with van der Waals surface area (Å²) in [5.41, 5.74) is 8.55. The Balaban J connectivity index is 2.11. The Morgan fingerprint density at radius 3 is 2.32 bits per heavy atom. The van der Waals surface area contributed by atoms with Crippen molar-refractivity contribution in [3.05, 3.63) is 77.7 Å². The van der Waals surface area contributed by atoms with Crippen molar-refractivity contribution in [2.45, 2.75) is 40.0 Å². The number of benzene rings is 2. The second-order valence-corrected chi connectivity index (χ2v) is 8.58. The van der Waals surface area contributed by atoms with Crippen LogP contribution in [0.5, 0.6) is 0 Å². The molecule has 2 heterocycles. The van der Waals surface area contributed by atoms with Gasteiger partial charge in [-0.2, -0.15) is 4.57 Å². The molecule has 0 amide bonds. The van der Waals surface area contributed by atoms with Crippen LogP contribution in [0.1, 0.15) is 37.6 Å². The standard InChI is InChI=1S/C25H28N2O/c1-17-11-12-19-9-7-8-10-22(19)27(17)24-16-20(25(3,4)5)15-21(18(24)2)23-13-14-28-26(23)6/h7-16H,1-6H3/q+2. The van der Waals surface area contributed by atoms with Crippen molar-refractivity contribution in [3.8, 4) is 16.9 Å². The van der Waals surface area contributed by atoms with Crippen LogP contribution in [-0.4, -0.2) is 0 Å². The minimum Gasteiger partial charge on any atom is -0.244 e. The van der Waals surface area contributed by atoms with Crippen LogP contribution in [0, 0.1) is 13.8 Å². The van der Waals surface area contributed by atoms with E-state index in [0.717, 1.165) is 5.69 Å². The van der Waals surface area contributed by atoms with Crippen molar-refractivity contribution in [1.29, 1.82) is 0 Å². The maximum atomic E-state index is 5.55. The zero-order valence-electron chi connectivity index (χ0n) is 17.6. The van der Waals surface area contributed by atoms with E-state index in [1.54, 1.807) is 6.26 Å².